The molecular weight excluding hydrogens is 248 g/mol. The Balaban J connectivity index is 4.38. The van der Waals surface area contributed by atoms with Gasteiger partial charge in [0.25, 0.3) is 0 Å². The number of nitrogens with one attached hydrogen (secondary N) is 1. The number of amides is 1. The second-order valence-corrected chi connectivity index (χ2v) is 5.94. The summed E-state index contributed by atoms with van der Waals surface area (Å²) in [6.45, 7) is 10.3. The first-order valence-electron chi connectivity index (χ1n) is 6.41. The highest BCUT2D eigenvalue weighted by atomic mass is 16.5. The first-order chi connectivity index (χ1) is 8.50. The van der Waals surface area contributed by atoms with E-state index in [1.54, 1.807) is 13.8 Å². The molecular formula is C13H26N2O4. The van der Waals surface area contributed by atoms with Crippen molar-refractivity contribution in [1.82, 2.24) is 10.4 Å². The molecule has 0 aliphatic rings. The summed E-state index contributed by atoms with van der Waals surface area (Å²) in [5, 5.41) is 13.6. The van der Waals surface area contributed by atoms with Crippen LogP contribution in [-0.2, 0) is 14.3 Å². The van der Waals surface area contributed by atoms with Crippen LogP contribution >= 0.6 is 0 Å². The lowest BCUT2D eigenvalue weighted by molar-refractivity contribution is -0.187. The van der Waals surface area contributed by atoms with E-state index in [0.717, 1.165) is 11.5 Å². The van der Waals surface area contributed by atoms with E-state index in [1.165, 1.54) is 6.92 Å². The van der Waals surface area contributed by atoms with E-state index >= 15 is 0 Å². The normalized spacial score (nSPS) is 12.4. The third-order valence-corrected chi connectivity index (χ3v) is 2.98. The van der Waals surface area contributed by atoms with E-state index in [4.69, 9.17) is 4.74 Å². The van der Waals surface area contributed by atoms with Crippen molar-refractivity contribution in [2.75, 3.05) is 13.2 Å². The van der Waals surface area contributed by atoms with E-state index in [-0.39, 0.29) is 24.6 Å². The standard InChI is InChI=1S/C13H26N2O4/c1-7-12(3,4)14-11(17)8-15(18)13(5,6)9-19-10(2)16/h18H,7-9H2,1-6H3,(H,14,17). The van der Waals surface area contributed by atoms with Gasteiger partial charge in [-0.15, -0.1) is 0 Å². The molecule has 19 heavy (non-hydrogen) atoms. The molecule has 0 unspecified atom stereocenters. The van der Waals surface area contributed by atoms with E-state index in [0.29, 0.717) is 0 Å². The van der Waals surface area contributed by atoms with Crippen LogP contribution in [0.5, 0.6) is 0 Å². The maximum Gasteiger partial charge on any atom is 0.302 e. The number of hydrogen-bond acceptors (Lipinski definition) is 5. The van der Waals surface area contributed by atoms with Gasteiger partial charge in [-0.25, -0.2) is 0 Å². The number of hydroxylamine groups is 2. The average Bonchev–Trinajstić information content (AvgIpc) is 2.25. The summed E-state index contributed by atoms with van der Waals surface area (Å²) in [5.74, 6) is -0.691. The van der Waals surface area contributed by atoms with Crippen LogP contribution in [0.1, 0.15) is 48.0 Å². The van der Waals surface area contributed by atoms with Gasteiger partial charge in [-0.3, -0.25) is 9.59 Å². The Morgan fingerprint density at radius 1 is 1.26 bits per heavy atom. The summed E-state index contributed by atoms with van der Waals surface area (Å²) in [6, 6.07) is 0. The molecule has 0 bridgehead atoms. The van der Waals surface area contributed by atoms with Gasteiger partial charge in [0.2, 0.25) is 5.91 Å². The van der Waals surface area contributed by atoms with Crippen molar-refractivity contribution < 1.29 is 19.5 Å². The summed E-state index contributed by atoms with van der Waals surface area (Å²) in [4.78, 5) is 22.6. The topological polar surface area (TPSA) is 78.9 Å². The lowest BCUT2D eigenvalue weighted by atomic mass is 10.0. The van der Waals surface area contributed by atoms with E-state index in [9.17, 15) is 14.8 Å². The summed E-state index contributed by atoms with van der Waals surface area (Å²) in [5.41, 5.74) is -1.13. The maximum atomic E-state index is 11.8. The Labute approximate surface area is 115 Å². The van der Waals surface area contributed by atoms with Crippen molar-refractivity contribution in [2.24, 2.45) is 0 Å². The average molecular weight is 274 g/mol. The van der Waals surface area contributed by atoms with Gasteiger partial charge in [0.05, 0.1) is 5.54 Å². The fraction of sp³-hybridized carbons (Fsp3) is 0.846. The SMILES string of the molecule is CCC(C)(C)NC(=O)CN(O)C(C)(C)COC(C)=O. The van der Waals surface area contributed by atoms with E-state index in [1.807, 2.05) is 20.8 Å². The largest absolute Gasteiger partial charge is 0.464 e. The molecule has 0 aromatic rings. The van der Waals surface area contributed by atoms with Crippen molar-refractivity contribution >= 4 is 11.9 Å². The van der Waals surface area contributed by atoms with Gasteiger partial charge in [-0.1, -0.05) is 6.92 Å². The molecule has 0 aromatic carbocycles. The molecule has 0 fully saturated rings. The highest BCUT2D eigenvalue weighted by Gasteiger charge is 2.30. The Hall–Kier alpha value is -1.14. The number of esters is 1. The Morgan fingerprint density at radius 3 is 2.21 bits per heavy atom. The fourth-order valence-electron chi connectivity index (χ4n) is 1.21. The lowest BCUT2D eigenvalue weighted by Crippen LogP contribution is -2.53. The van der Waals surface area contributed by atoms with Crippen LogP contribution in [0, 0.1) is 0 Å². The zero-order chi connectivity index (χ0) is 15.3. The third kappa shape index (κ3) is 7.12. The monoisotopic (exact) mass is 274 g/mol. The van der Waals surface area contributed by atoms with Crippen molar-refractivity contribution in [1.29, 1.82) is 0 Å². The van der Waals surface area contributed by atoms with Crippen LogP contribution in [0.15, 0.2) is 0 Å². The van der Waals surface area contributed by atoms with Crippen molar-refractivity contribution in [3.8, 4) is 0 Å². The number of ether oxygens (including phenoxy) is 1. The molecule has 6 heteroatoms. The predicted octanol–water partition coefficient (Wildman–Crippen LogP) is 1.32. The van der Waals surface area contributed by atoms with Crippen LogP contribution in [0.25, 0.3) is 0 Å². The van der Waals surface area contributed by atoms with Crippen LogP contribution < -0.4 is 5.32 Å². The van der Waals surface area contributed by atoms with Crippen molar-refractivity contribution in [3.05, 3.63) is 0 Å². The Morgan fingerprint density at radius 2 is 1.79 bits per heavy atom. The zero-order valence-corrected chi connectivity index (χ0v) is 12.7. The number of rotatable bonds is 7. The Bertz CT molecular complexity index is 327. The smallest absolute Gasteiger partial charge is 0.302 e. The predicted molar refractivity (Wildman–Crippen MR) is 71.7 cm³/mol. The third-order valence-electron chi connectivity index (χ3n) is 2.98. The molecule has 0 spiro atoms. The number of nitrogens with zero attached hydrogens (tertiary/aromatic N) is 1. The number of carbonyl (C=O) groups is 2. The summed E-state index contributed by atoms with van der Waals surface area (Å²) < 4.78 is 4.86. The quantitative estimate of drug-likeness (QED) is 0.541. The molecule has 0 saturated heterocycles. The molecule has 0 aliphatic carbocycles. The molecule has 0 radical (unpaired) electrons. The molecule has 0 saturated carbocycles. The molecule has 0 aromatic heterocycles. The van der Waals surface area contributed by atoms with Crippen molar-refractivity contribution in [2.45, 2.75) is 59.0 Å². The van der Waals surface area contributed by atoms with Gasteiger partial charge in [0, 0.05) is 12.5 Å². The van der Waals surface area contributed by atoms with Crippen LogP contribution in [0.3, 0.4) is 0 Å². The minimum Gasteiger partial charge on any atom is -0.464 e. The minimum absolute atomic E-state index is 0.0171. The maximum absolute atomic E-state index is 11.8. The fourth-order valence-corrected chi connectivity index (χ4v) is 1.21. The Kier molecular flexibility index (Phi) is 6.45. The molecule has 112 valence electrons. The first kappa shape index (κ1) is 17.9. The summed E-state index contributed by atoms with van der Waals surface area (Å²) in [6.07, 6.45) is 0.793. The summed E-state index contributed by atoms with van der Waals surface area (Å²) in [7, 11) is 0. The number of carbonyl (C=O) groups excluding carboxylic acids is 2. The lowest BCUT2D eigenvalue weighted by Gasteiger charge is -2.33. The molecule has 0 rings (SSSR count). The highest BCUT2D eigenvalue weighted by Crippen LogP contribution is 2.13. The van der Waals surface area contributed by atoms with Gasteiger partial charge >= 0.3 is 5.97 Å². The van der Waals surface area contributed by atoms with Gasteiger partial charge in [-0.05, 0) is 34.1 Å². The molecule has 1 amide bonds. The molecule has 0 atom stereocenters. The van der Waals surface area contributed by atoms with Gasteiger partial charge in [0.1, 0.15) is 13.2 Å². The van der Waals surface area contributed by atoms with Gasteiger partial charge in [0.15, 0.2) is 0 Å². The molecule has 6 nitrogen and oxygen atoms in total. The highest BCUT2D eigenvalue weighted by molar-refractivity contribution is 5.78. The summed E-state index contributed by atoms with van der Waals surface area (Å²) >= 11 is 0. The molecule has 2 N–H and O–H groups in total. The van der Waals surface area contributed by atoms with Crippen LogP contribution in [0.4, 0.5) is 0 Å². The molecule has 0 heterocycles. The van der Waals surface area contributed by atoms with E-state index < -0.39 is 11.5 Å². The van der Waals surface area contributed by atoms with Gasteiger partial charge < -0.3 is 15.3 Å². The van der Waals surface area contributed by atoms with Gasteiger partial charge in [-0.2, -0.15) is 5.06 Å². The zero-order valence-electron chi connectivity index (χ0n) is 12.7. The second kappa shape index (κ2) is 6.86. The second-order valence-electron chi connectivity index (χ2n) is 5.94. The molecule has 0 aliphatic heterocycles. The van der Waals surface area contributed by atoms with E-state index in [2.05, 4.69) is 5.32 Å². The number of hydrogen-bond donors (Lipinski definition) is 2. The minimum atomic E-state index is -0.820. The first-order valence-corrected chi connectivity index (χ1v) is 6.41. The van der Waals surface area contributed by atoms with Crippen LogP contribution in [0.2, 0.25) is 0 Å². The van der Waals surface area contributed by atoms with Crippen molar-refractivity contribution in [3.63, 3.8) is 0 Å². The van der Waals surface area contributed by atoms with Crippen LogP contribution in [-0.4, -0.2) is 46.4 Å².